The van der Waals surface area contributed by atoms with Gasteiger partial charge in [-0.1, -0.05) is 103 Å². The highest BCUT2D eigenvalue weighted by atomic mass is 32.2. The summed E-state index contributed by atoms with van der Waals surface area (Å²) < 4.78 is 8.81. The molecule has 3 unspecified atom stereocenters. The minimum Gasteiger partial charge on any atom is -0.440 e. The van der Waals surface area contributed by atoms with E-state index in [1.807, 2.05) is 47.4 Å². The fourth-order valence-electron chi connectivity index (χ4n) is 7.33. The molecule has 0 spiro atoms. The zero-order chi connectivity index (χ0) is 33.0. The Hall–Kier alpha value is -5.36. The number of hydrogen-bond acceptors (Lipinski definition) is 5. The first kappa shape index (κ1) is 29.5. The molecule has 5 heteroatoms. The fourth-order valence-corrected chi connectivity index (χ4v) is 9.72. The van der Waals surface area contributed by atoms with Crippen molar-refractivity contribution in [2.75, 3.05) is 4.90 Å². The van der Waals surface area contributed by atoms with Crippen molar-refractivity contribution in [3.05, 3.63) is 181 Å². The monoisotopic (exact) mass is 680 g/mol. The second-order valence-electron chi connectivity index (χ2n) is 13.0. The van der Waals surface area contributed by atoms with Gasteiger partial charge in [-0.15, -0.1) is 23.1 Å². The highest BCUT2D eigenvalue weighted by molar-refractivity contribution is 8.09. The standard InChI is InChI=1S/C45H32N2OS2/c1-5-11-41-33(7-1)28-44(49-41)30-15-22-35(23-16-30)47(36-24-17-31(18-25-36)45-46-39-9-3-4-10-40(39)48-45)34-20-13-29(14-21-34)32-19-26-43-38(27-32)37-8-2-6-12-42(37)50-43/h1-17,19-28,31,33,41H,18H2. The van der Waals surface area contributed by atoms with E-state index in [-0.39, 0.29) is 5.92 Å². The summed E-state index contributed by atoms with van der Waals surface area (Å²) in [5, 5.41) is 3.14. The average molecular weight is 681 g/mol. The van der Waals surface area contributed by atoms with Gasteiger partial charge in [-0.3, -0.25) is 0 Å². The molecule has 0 fully saturated rings. The Balaban J connectivity index is 0.982. The van der Waals surface area contributed by atoms with Gasteiger partial charge in [0.15, 0.2) is 5.58 Å². The lowest BCUT2D eigenvalue weighted by Crippen LogP contribution is -2.17. The van der Waals surface area contributed by atoms with Gasteiger partial charge in [0, 0.05) is 53.3 Å². The highest BCUT2D eigenvalue weighted by Crippen LogP contribution is 2.46. The average Bonchev–Trinajstić information content (AvgIpc) is 3.91. The third-order valence-corrected chi connectivity index (χ3v) is 12.5. The van der Waals surface area contributed by atoms with Crippen LogP contribution in [-0.2, 0) is 0 Å². The maximum absolute atomic E-state index is 6.15. The van der Waals surface area contributed by atoms with E-state index in [9.17, 15) is 0 Å². The number of anilines is 2. The predicted octanol–water partition coefficient (Wildman–Crippen LogP) is 12.8. The Bertz CT molecular complexity index is 2530. The molecule has 3 atom stereocenters. The van der Waals surface area contributed by atoms with Crippen molar-refractivity contribution in [1.82, 2.24) is 4.98 Å². The number of hydrogen-bond donors (Lipinski definition) is 0. The lowest BCUT2D eigenvalue weighted by Gasteiger charge is -2.29. The molecule has 10 rings (SSSR count). The van der Waals surface area contributed by atoms with E-state index < -0.39 is 0 Å². The van der Waals surface area contributed by atoms with Crippen LogP contribution in [0.5, 0.6) is 0 Å². The molecular weight excluding hydrogens is 649 g/mol. The van der Waals surface area contributed by atoms with Gasteiger partial charge in [-0.05, 0) is 83.8 Å². The molecule has 0 bridgehead atoms. The van der Waals surface area contributed by atoms with Crippen LogP contribution in [0.3, 0.4) is 0 Å². The van der Waals surface area contributed by atoms with Gasteiger partial charge >= 0.3 is 0 Å². The Morgan fingerprint density at radius 2 is 1.42 bits per heavy atom. The second kappa shape index (κ2) is 12.2. The van der Waals surface area contributed by atoms with Crippen LogP contribution in [0.1, 0.15) is 23.8 Å². The number of oxazole rings is 1. The molecule has 3 aliphatic rings. The number of para-hydroxylation sites is 2. The van der Waals surface area contributed by atoms with Crippen molar-refractivity contribution in [2.24, 2.45) is 5.92 Å². The number of nitrogens with zero attached hydrogens (tertiary/aromatic N) is 2. The number of thiophene rings is 1. The number of aromatic nitrogens is 1. The summed E-state index contributed by atoms with van der Waals surface area (Å²) in [6.45, 7) is 0. The normalized spacial score (nSPS) is 19.6. The van der Waals surface area contributed by atoms with Gasteiger partial charge in [-0.25, -0.2) is 4.98 Å². The van der Waals surface area contributed by atoms with Crippen LogP contribution in [0.2, 0.25) is 0 Å². The molecule has 0 amide bonds. The topological polar surface area (TPSA) is 29.3 Å². The van der Waals surface area contributed by atoms with Crippen molar-refractivity contribution in [3.63, 3.8) is 0 Å². The van der Waals surface area contributed by atoms with Crippen LogP contribution in [0.25, 0.3) is 47.3 Å². The minimum atomic E-state index is 0.0961. The summed E-state index contributed by atoms with van der Waals surface area (Å²) in [5.74, 6) is 1.33. The highest BCUT2D eigenvalue weighted by Gasteiger charge is 2.27. The number of thioether (sulfide) groups is 1. The molecular formula is C45H32N2OS2. The molecule has 1 aliphatic heterocycles. The summed E-state index contributed by atoms with van der Waals surface area (Å²) >= 11 is 3.82. The van der Waals surface area contributed by atoms with Crippen molar-refractivity contribution in [3.8, 4) is 11.1 Å². The van der Waals surface area contributed by atoms with Crippen LogP contribution in [0.15, 0.2) is 174 Å². The van der Waals surface area contributed by atoms with E-state index >= 15 is 0 Å². The number of benzene rings is 5. The van der Waals surface area contributed by atoms with E-state index in [2.05, 4.69) is 145 Å². The summed E-state index contributed by atoms with van der Waals surface area (Å²) in [6.07, 6.45) is 18.9. The van der Waals surface area contributed by atoms with Crippen molar-refractivity contribution >= 4 is 70.7 Å². The third-order valence-electron chi connectivity index (χ3n) is 9.94. The van der Waals surface area contributed by atoms with E-state index in [0.717, 1.165) is 40.5 Å². The lowest BCUT2D eigenvalue weighted by molar-refractivity contribution is 0.504. The Morgan fingerprint density at radius 3 is 2.22 bits per heavy atom. The third kappa shape index (κ3) is 5.25. The number of rotatable bonds is 6. The first-order chi connectivity index (χ1) is 24.7. The number of fused-ring (bicyclic) bond motifs is 5. The van der Waals surface area contributed by atoms with Gasteiger partial charge < -0.3 is 9.32 Å². The van der Waals surface area contributed by atoms with Crippen LogP contribution in [0.4, 0.5) is 11.4 Å². The second-order valence-corrected chi connectivity index (χ2v) is 15.4. The SMILES string of the molecule is C1=CC2C=C(c3ccc(N(C4=CCC(c5nc6ccccc6o5)C=C4)c4ccc(-c5ccc6sc7ccccc7c6c5)cc4)cc3)SC2C=C1. The summed E-state index contributed by atoms with van der Waals surface area (Å²) in [7, 11) is 0. The van der Waals surface area contributed by atoms with Crippen molar-refractivity contribution in [2.45, 2.75) is 17.6 Å². The van der Waals surface area contributed by atoms with Gasteiger partial charge in [0.05, 0.1) is 5.92 Å². The van der Waals surface area contributed by atoms with Crippen LogP contribution >= 0.6 is 23.1 Å². The van der Waals surface area contributed by atoms with Gasteiger partial charge in [0.1, 0.15) is 5.52 Å². The quantitative estimate of drug-likeness (QED) is 0.175. The molecule has 3 nitrogen and oxygen atoms in total. The molecule has 50 heavy (non-hydrogen) atoms. The van der Waals surface area contributed by atoms with Crippen LogP contribution < -0.4 is 4.90 Å². The van der Waals surface area contributed by atoms with Gasteiger partial charge in [0.25, 0.3) is 0 Å². The molecule has 2 aromatic heterocycles. The van der Waals surface area contributed by atoms with E-state index in [1.54, 1.807) is 0 Å². The summed E-state index contributed by atoms with van der Waals surface area (Å²) in [4.78, 5) is 8.51. The molecule has 2 aliphatic carbocycles. The van der Waals surface area contributed by atoms with E-state index in [1.165, 1.54) is 41.8 Å². The zero-order valence-corrected chi connectivity index (χ0v) is 28.8. The maximum Gasteiger partial charge on any atom is 0.202 e. The largest absolute Gasteiger partial charge is 0.440 e. The van der Waals surface area contributed by atoms with E-state index in [4.69, 9.17) is 9.40 Å². The molecule has 3 heterocycles. The Kier molecular flexibility index (Phi) is 7.21. The molecule has 7 aromatic rings. The summed E-state index contributed by atoms with van der Waals surface area (Å²) in [5.41, 5.74) is 8.83. The maximum atomic E-state index is 6.15. The van der Waals surface area contributed by atoms with Gasteiger partial charge in [-0.2, -0.15) is 0 Å². The van der Waals surface area contributed by atoms with Crippen LogP contribution in [-0.4, -0.2) is 10.2 Å². The minimum absolute atomic E-state index is 0.0961. The van der Waals surface area contributed by atoms with E-state index in [0.29, 0.717) is 11.2 Å². The van der Waals surface area contributed by atoms with Gasteiger partial charge in [0.2, 0.25) is 5.89 Å². The molecule has 0 saturated heterocycles. The predicted molar refractivity (Wildman–Crippen MR) is 213 cm³/mol. The summed E-state index contributed by atoms with van der Waals surface area (Å²) in [6, 6.07) is 41.6. The lowest BCUT2D eigenvalue weighted by atomic mass is 9.97. The fraction of sp³-hybridized carbons (Fsp3) is 0.0889. The van der Waals surface area contributed by atoms with Crippen LogP contribution in [0, 0.1) is 5.92 Å². The zero-order valence-electron chi connectivity index (χ0n) is 27.1. The Morgan fingerprint density at radius 1 is 0.680 bits per heavy atom. The molecule has 240 valence electrons. The smallest absolute Gasteiger partial charge is 0.202 e. The van der Waals surface area contributed by atoms with Crippen molar-refractivity contribution < 1.29 is 4.42 Å². The molecule has 0 N–H and O–H groups in total. The first-order valence-electron chi connectivity index (χ1n) is 17.1. The first-order valence-corrected chi connectivity index (χ1v) is 18.8. The Labute approximate surface area is 299 Å². The molecule has 0 saturated carbocycles. The van der Waals surface area contributed by atoms with Crippen molar-refractivity contribution in [1.29, 1.82) is 0 Å². The molecule has 0 radical (unpaired) electrons. The molecule has 5 aromatic carbocycles. The number of allylic oxidation sites excluding steroid dienone is 7.